The van der Waals surface area contributed by atoms with Gasteiger partial charge in [0.2, 0.25) is 10.0 Å². The fraction of sp³-hybridized carbons (Fsp3) is 0.368. The second-order valence-corrected chi connectivity index (χ2v) is 8.94. The van der Waals surface area contributed by atoms with Crippen LogP contribution in [0.15, 0.2) is 57.9 Å². The number of ether oxygens (including phenoxy) is 2. The predicted molar refractivity (Wildman–Crippen MR) is 104 cm³/mol. The molecule has 0 aromatic heterocycles. The summed E-state index contributed by atoms with van der Waals surface area (Å²) in [7, 11) is -2.00. The second kappa shape index (κ2) is 8.08. The fourth-order valence-corrected chi connectivity index (χ4v) is 5.49. The highest BCUT2D eigenvalue weighted by atomic mass is 79.9. The first kappa shape index (κ1) is 19.4. The predicted octanol–water partition coefficient (Wildman–Crippen LogP) is 3.48. The number of halogens is 1. The molecule has 0 bridgehead atoms. The minimum Gasteiger partial charge on any atom is -0.496 e. The van der Waals surface area contributed by atoms with Crippen LogP contribution in [-0.4, -0.2) is 35.3 Å². The number of para-hydroxylation sites is 1. The third-order valence-electron chi connectivity index (χ3n) is 4.85. The quantitative estimate of drug-likeness (QED) is 0.747. The number of nitrogens with one attached hydrogen (secondary N) is 1. The summed E-state index contributed by atoms with van der Waals surface area (Å²) in [5.41, 5.74) is 0.653. The van der Waals surface area contributed by atoms with Gasteiger partial charge in [-0.15, -0.1) is 0 Å². The number of rotatable bonds is 6. The van der Waals surface area contributed by atoms with E-state index in [0.29, 0.717) is 24.2 Å². The van der Waals surface area contributed by atoms with Crippen LogP contribution >= 0.6 is 15.9 Å². The van der Waals surface area contributed by atoms with Crippen LogP contribution in [0, 0.1) is 0 Å². The molecule has 1 aliphatic rings. The first-order chi connectivity index (χ1) is 12.5. The summed E-state index contributed by atoms with van der Waals surface area (Å²) in [6.45, 7) is 1.48. The van der Waals surface area contributed by atoms with Gasteiger partial charge in [-0.2, -0.15) is 0 Å². The van der Waals surface area contributed by atoms with Gasteiger partial charge in [-0.05, 0) is 47.0 Å². The van der Waals surface area contributed by atoms with Gasteiger partial charge in [0.15, 0.2) is 0 Å². The molecule has 1 saturated heterocycles. The van der Waals surface area contributed by atoms with E-state index in [1.54, 1.807) is 31.4 Å². The molecule has 1 aliphatic heterocycles. The number of benzene rings is 2. The zero-order valence-corrected chi connectivity index (χ0v) is 17.0. The van der Waals surface area contributed by atoms with Crippen molar-refractivity contribution >= 4 is 26.0 Å². The molecule has 2 aromatic rings. The lowest BCUT2D eigenvalue weighted by atomic mass is 9.74. The molecule has 7 heteroatoms. The summed E-state index contributed by atoms with van der Waals surface area (Å²) >= 11 is 3.32. The molecule has 2 aromatic carbocycles. The minimum absolute atomic E-state index is 0.238. The van der Waals surface area contributed by atoms with Crippen molar-refractivity contribution < 1.29 is 17.9 Å². The normalized spacial score (nSPS) is 17.0. The number of hydrogen-bond acceptors (Lipinski definition) is 4. The first-order valence-electron chi connectivity index (χ1n) is 8.44. The van der Waals surface area contributed by atoms with E-state index in [2.05, 4.69) is 20.7 Å². The molecule has 1 N–H and O–H groups in total. The highest BCUT2D eigenvalue weighted by Gasteiger charge is 2.38. The molecular formula is C19H22BrNO4S. The minimum atomic E-state index is -3.63. The highest BCUT2D eigenvalue weighted by molar-refractivity contribution is 9.10. The largest absolute Gasteiger partial charge is 0.496 e. The summed E-state index contributed by atoms with van der Waals surface area (Å²) in [4.78, 5) is 0.238. The van der Waals surface area contributed by atoms with Crippen LogP contribution in [-0.2, 0) is 20.2 Å². The van der Waals surface area contributed by atoms with Crippen molar-refractivity contribution in [3.05, 3.63) is 58.6 Å². The van der Waals surface area contributed by atoms with Gasteiger partial charge >= 0.3 is 0 Å². The Hall–Kier alpha value is -1.41. The van der Waals surface area contributed by atoms with Crippen molar-refractivity contribution in [2.45, 2.75) is 23.2 Å². The van der Waals surface area contributed by atoms with Crippen molar-refractivity contribution in [1.29, 1.82) is 0 Å². The molecule has 0 spiro atoms. The van der Waals surface area contributed by atoms with E-state index in [1.165, 1.54) is 0 Å². The van der Waals surface area contributed by atoms with Gasteiger partial charge in [0.05, 0.1) is 12.0 Å². The van der Waals surface area contributed by atoms with E-state index in [9.17, 15) is 8.42 Å². The Morgan fingerprint density at radius 1 is 1.12 bits per heavy atom. The van der Waals surface area contributed by atoms with Crippen LogP contribution in [0.5, 0.6) is 5.75 Å². The first-order valence-corrected chi connectivity index (χ1v) is 10.7. The van der Waals surface area contributed by atoms with E-state index in [-0.39, 0.29) is 10.3 Å². The topological polar surface area (TPSA) is 64.6 Å². The molecule has 140 valence electrons. The number of methoxy groups -OCH3 is 1. The molecular weight excluding hydrogens is 418 g/mol. The van der Waals surface area contributed by atoms with Crippen molar-refractivity contribution in [3.8, 4) is 5.75 Å². The molecule has 1 fully saturated rings. The molecule has 0 saturated carbocycles. The lowest BCUT2D eigenvalue weighted by Gasteiger charge is -2.38. The summed E-state index contributed by atoms with van der Waals surface area (Å²) in [5, 5.41) is 0. The monoisotopic (exact) mass is 439 g/mol. The average molecular weight is 440 g/mol. The standard InChI is InChI=1S/C19H22BrNO4S/c1-24-17-8-4-2-6-15(17)19(10-12-25-13-11-19)14-21-26(22,23)18-9-5-3-7-16(18)20/h2-9,21H,10-14H2,1H3. The lowest BCUT2D eigenvalue weighted by Crippen LogP contribution is -2.44. The maximum absolute atomic E-state index is 12.8. The van der Waals surface area contributed by atoms with Crippen molar-refractivity contribution in [1.82, 2.24) is 4.72 Å². The molecule has 3 rings (SSSR count). The number of sulfonamides is 1. The van der Waals surface area contributed by atoms with E-state index < -0.39 is 10.0 Å². The Morgan fingerprint density at radius 3 is 2.46 bits per heavy atom. The summed E-state index contributed by atoms with van der Waals surface area (Å²) < 4.78 is 40.1. The Labute approximate surface area is 162 Å². The maximum Gasteiger partial charge on any atom is 0.241 e. The zero-order chi connectivity index (χ0) is 18.6. The van der Waals surface area contributed by atoms with E-state index in [0.717, 1.165) is 24.2 Å². The third-order valence-corrected chi connectivity index (χ3v) is 7.27. The van der Waals surface area contributed by atoms with Crippen LogP contribution in [0.4, 0.5) is 0 Å². The van der Waals surface area contributed by atoms with Crippen LogP contribution in [0.3, 0.4) is 0 Å². The second-order valence-electron chi connectivity index (χ2n) is 6.35. The molecule has 5 nitrogen and oxygen atoms in total. The van der Waals surface area contributed by atoms with Gasteiger partial charge in [0.1, 0.15) is 5.75 Å². The fourth-order valence-electron chi connectivity index (χ4n) is 3.36. The van der Waals surface area contributed by atoms with Crippen molar-refractivity contribution in [3.63, 3.8) is 0 Å². The smallest absolute Gasteiger partial charge is 0.241 e. The molecule has 0 amide bonds. The third kappa shape index (κ3) is 3.96. The van der Waals surface area contributed by atoms with E-state index in [1.807, 2.05) is 24.3 Å². The van der Waals surface area contributed by atoms with Crippen molar-refractivity contribution in [2.75, 3.05) is 26.9 Å². The van der Waals surface area contributed by atoms with Crippen molar-refractivity contribution in [2.24, 2.45) is 0 Å². The lowest BCUT2D eigenvalue weighted by molar-refractivity contribution is 0.0509. The molecule has 0 atom stereocenters. The van der Waals surface area contributed by atoms with Gasteiger partial charge in [-0.25, -0.2) is 13.1 Å². The molecule has 1 heterocycles. The van der Waals surface area contributed by atoms with E-state index in [4.69, 9.17) is 9.47 Å². The van der Waals surface area contributed by atoms with Gasteiger partial charge in [-0.3, -0.25) is 0 Å². The Kier molecular flexibility index (Phi) is 6.02. The van der Waals surface area contributed by atoms with Crippen LogP contribution in [0.25, 0.3) is 0 Å². The molecule has 0 radical (unpaired) electrons. The van der Waals surface area contributed by atoms with Gasteiger partial charge in [-0.1, -0.05) is 30.3 Å². The van der Waals surface area contributed by atoms with Gasteiger partial charge in [0, 0.05) is 35.2 Å². The van der Waals surface area contributed by atoms with Gasteiger partial charge in [0.25, 0.3) is 0 Å². The molecule has 0 aliphatic carbocycles. The summed E-state index contributed by atoms with van der Waals surface area (Å²) in [5.74, 6) is 0.773. The molecule has 0 unspecified atom stereocenters. The van der Waals surface area contributed by atoms with Crippen LogP contribution in [0.2, 0.25) is 0 Å². The zero-order valence-electron chi connectivity index (χ0n) is 14.6. The average Bonchev–Trinajstić information content (AvgIpc) is 2.67. The SMILES string of the molecule is COc1ccccc1C1(CNS(=O)(=O)c2ccccc2Br)CCOCC1. The summed E-state index contributed by atoms with van der Waals surface area (Å²) in [6.07, 6.45) is 1.46. The number of hydrogen-bond donors (Lipinski definition) is 1. The molecule has 26 heavy (non-hydrogen) atoms. The van der Waals surface area contributed by atoms with Crippen LogP contribution in [0.1, 0.15) is 18.4 Å². The van der Waals surface area contributed by atoms with E-state index >= 15 is 0 Å². The summed E-state index contributed by atoms with van der Waals surface area (Å²) in [6, 6.07) is 14.6. The van der Waals surface area contributed by atoms with Crippen LogP contribution < -0.4 is 9.46 Å². The maximum atomic E-state index is 12.8. The van der Waals surface area contributed by atoms with Gasteiger partial charge < -0.3 is 9.47 Å². The Balaban J connectivity index is 1.92. The highest BCUT2D eigenvalue weighted by Crippen LogP contribution is 2.39. The Morgan fingerprint density at radius 2 is 1.77 bits per heavy atom. The Bertz CT molecular complexity index is 863.